The largest absolute Gasteiger partial charge is 0.339 e. The SMILES string of the molecule is CCn1nnc2cc(-c3noc(C4CC(=O)N(c5ccccc5)C4)n3)ccc21. The third-order valence-electron chi connectivity index (χ3n) is 5.06. The summed E-state index contributed by atoms with van der Waals surface area (Å²) in [5.41, 5.74) is 3.46. The number of nitrogens with zero attached hydrogens (tertiary/aromatic N) is 6. The third-order valence-corrected chi connectivity index (χ3v) is 5.06. The summed E-state index contributed by atoms with van der Waals surface area (Å²) in [7, 11) is 0. The Morgan fingerprint density at radius 1 is 1.18 bits per heavy atom. The number of carbonyl (C=O) groups excluding carboxylic acids is 1. The number of aryl methyl sites for hydroxylation is 1. The molecule has 1 fully saturated rings. The van der Waals surface area contributed by atoms with Crippen molar-refractivity contribution in [3.8, 4) is 11.4 Å². The molecule has 0 saturated carbocycles. The first kappa shape index (κ1) is 16.6. The summed E-state index contributed by atoms with van der Waals surface area (Å²) in [6.45, 7) is 3.32. The van der Waals surface area contributed by atoms with Gasteiger partial charge >= 0.3 is 0 Å². The molecule has 4 aromatic rings. The molecule has 5 rings (SSSR count). The van der Waals surface area contributed by atoms with E-state index in [2.05, 4.69) is 20.5 Å². The van der Waals surface area contributed by atoms with E-state index in [1.165, 1.54) is 0 Å². The normalized spacial score (nSPS) is 17.0. The van der Waals surface area contributed by atoms with Crippen LogP contribution in [0.25, 0.3) is 22.4 Å². The molecule has 1 unspecified atom stereocenters. The van der Waals surface area contributed by atoms with E-state index in [-0.39, 0.29) is 11.8 Å². The monoisotopic (exact) mass is 374 g/mol. The molecule has 28 heavy (non-hydrogen) atoms. The van der Waals surface area contributed by atoms with Gasteiger partial charge in [0.15, 0.2) is 0 Å². The van der Waals surface area contributed by atoms with Crippen LogP contribution in [0.15, 0.2) is 53.1 Å². The molecule has 0 aliphatic carbocycles. The highest BCUT2D eigenvalue weighted by Crippen LogP contribution is 2.32. The minimum absolute atomic E-state index is 0.0635. The van der Waals surface area contributed by atoms with E-state index >= 15 is 0 Å². The van der Waals surface area contributed by atoms with Gasteiger partial charge in [-0.25, -0.2) is 4.68 Å². The Balaban J connectivity index is 1.40. The van der Waals surface area contributed by atoms with Gasteiger partial charge in [0.2, 0.25) is 17.6 Å². The Morgan fingerprint density at radius 3 is 2.86 bits per heavy atom. The van der Waals surface area contributed by atoms with Crippen LogP contribution in [-0.4, -0.2) is 37.6 Å². The summed E-state index contributed by atoms with van der Waals surface area (Å²) in [6, 6.07) is 15.4. The second-order valence-electron chi connectivity index (χ2n) is 6.81. The number of hydrogen-bond acceptors (Lipinski definition) is 6. The maximum atomic E-state index is 12.4. The number of anilines is 1. The minimum atomic E-state index is -0.112. The second-order valence-corrected chi connectivity index (χ2v) is 6.81. The predicted molar refractivity (Wildman–Crippen MR) is 103 cm³/mol. The number of amides is 1. The fourth-order valence-corrected chi connectivity index (χ4v) is 3.59. The van der Waals surface area contributed by atoms with Crippen molar-refractivity contribution in [2.24, 2.45) is 0 Å². The molecule has 1 aliphatic heterocycles. The van der Waals surface area contributed by atoms with Crippen LogP contribution in [0.2, 0.25) is 0 Å². The van der Waals surface area contributed by atoms with Crippen molar-refractivity contribution in [1.82, 2.24) is 25.1 Å². The van der Waals surface area contributed by atoms with Gasteiger partial charge in [-0.2, -0.15) is 4.98 Å². The molecule has 8 nitrogen and oxygen atoms in total. The fraction of sp³-hybridized carbons (Fsp3) is 0.250. The number of fused-ring (bicyclic) bond motifs is 1. The molecule has 0 bridgehead atoms. The number of rotatable bonds is 4. The molecule has 2 aromatic heterocycles. The van der Waals surface area contributed by atoms with Gasteiger partial charge in [0.25, 0.3) is 0 Å². The van der Waals surface area contributed by atoms with Crippen molar-refractivity contribution in [2.75, 3.05) is 11.4 Å². The zero-order chi connectivity index (χ0) is 19.1. The Bertz CT molecular complexity index is 1150. The summed E-state index contributed by atoms with van der Waals surface area (Å²) in [6.07, 6.45) is 0.361. The van der Waals surface area contributed by atoms with Crippen molar-refractivity contribution < 1.29 is 9.32 Å². The summed E-state index contributed by atoms with van der Waals surface area (Å²) in [5.74, 6) is 0.930. The molecule has 1 saturated heterocycles. The van der Waals surface area contributed by atoms with E-state index in [4.69, 9.17) is 4.52 Å². The van der Waals surface area contributed by atoms with Gasteiger partial charge in [-0.1, -0.05) is 28.6 Å². The lowest BCUT2D eigenvalue weighted by Gasteiger charge is -2.15. The Labute approximate surface area is 160 Å². The molecule has 1 atom stereocenters. The third kappa shape index (κ3) is 2.74. The van der Waals surface area contributed by atoms with Gasteiger partial charge in [0, 0.05) is 30.8 Å². The van der Waals surface area contributed by atoms with Crippen LogP contribution in [0.3, 0.4) is 0 Å². The molecular weight excluding hydrogens is 356 g/mol. The van der Waals surface area contributed by atoms with Crippen molar-refractivity contribution in [2.45, 2.75) is 25.8 Å². The van der Waals surface area contributed by atoms with Gasteiger partial charge in [-0.3, -0.25) is 4.79 Å². The van der Waals surface area contributed by atoms with Crippen LogP contribution < -0.4 is 4.90 Å². The van der Waals surface area contributed by atoms with Gasteiger partial charge < -0.3 is 9.42 Å². The van der Waals surface area contributed by atoms with E-state index in [1.54, 1.807) is 4.90 Å². The van der Waals surface area contributed by atoms with Crippen LogP contribution in [0.1, 0.15) is 25.2 Å². The van der Waals surface area contributed by atoms with Crippen LogP contribution in [-0.2, 0) is 11.3 Å². The minimum Gasteiger partial charge on any atom is -0.339 e. The Morgan fingerprint density at radius 2 is 2.04 bits per heavy atom. The number of carbonyl (C=O) groups is 1. The topological polar surface area (TPSA) is 89.9 Å². The highest BCUT2D eigenvalue weighted by atomic mass is 16.5. The van der Waals surface area contributed by atoms with Gasteiger partial charge in [-0.05, 0) is 37.3 Å². The summed E-state index contributed by atoms with van der Waals surface area (Å²) in [4.78, 5) is 18.7. The van der Waals surface area contributed by atoms with Crippen LogP contribution in [0, 0.1) is 0 Å². The summed E-state index contributed by atoms with van der Waals surface area (Å²) >= 11 is 0. The summed E-state index contributed by atoms with van der Waals surface area (Å²) in [5, 5.41) is 12.4. The highest BCUT2D eigenvalue weighted by Gasteiger charge is 2.35. The van der Waals surface area contributed by atoms with Gasteiger partial charge in [0.05, 0.1) is 11.4 Å². The first-order valence-corrected chi connectivity index (χ1v) is 9.25. The Hall–Kier alpha value is -3.55. The first-order chi connectivity index (χ1) is 13.7. The van der Waals surface area contributed by atoms with Crippen molar-refractivity contribution in [3.63, 3.8) is 0 Å². The molecular formula is C20H18N6O2. The lowest BCUT2D eigenvalue weighted by Crippen LogP contribution is -2.24. The number of benzene rings is 2. The lowest BCUT2D eigenvalue weighted by atomic mass is 10.1. The average molecular weight is 374 g/mol. The molecule has 0 N–H and O–H groups in total. The van der Waals surface area contributed by atoms with Gasteiger partial charge in [0.1, 0.15) is 5.52 Å². The predicted octanol–water partition coefficient (Wildman–Crippen LogP) is 3.02. The molecule has 8 heteroatoms. The second kappa shape index (κ2) is 6.56. The smallest absolute Gasteiger partial charge is 0.232 e. The molecule has 1 aliphatic rings. The van der Waals surface area contributed by atoms with Crippen LogP contribution in [0.4, 0.5) is 5.69 Å². The zero-order valence-electron chi connectivity index (χ0n) is 15.3. The summed E-state index contributed by atoms with van der Waals surface area (Å²) < 4.78 is 7.33. The quantitative estimate of drug-likeness (QED) is 0.545. The molecule has 0 spiro atoms. The van der Waals surface area contributed by atoms with E-state index in [0.717, 1.165) is 28.8 Å². The number of aromatic nitrogens is 5. The van der Waals surface area contributed by atoms with Crippen LogP contribution >= 0.6 is 0 Å². The van der Waals surface area contributed by atoms with Crippen molar-refractivity contribution >= 4 is 22.6 Å². The molecule has 3 heterocycles. The molecule has 2 aromatic carbocycles. The number of hydrogen-bond donors (Lipinski definition) is 0. The zero-order valence-corrected chi connectivity index (χ0v) is 15.3. The highest BCUT2D eigenvalue weighted by molar-refractivity contribution is 5.96. The molecule has 1 amide bonds. The van der Waals surface area contributed by atoms with E-state index < -0.39 is 0 Å². The maximum absolute atomic E-state index is 12.4. The molecule has 0 radical (unpaired) electrons. The van der Waals surface area contributed by atoms with E-state index in [0.29, 0.717) is 24.7 Å². The van der Waals surface area contributed by atoms with Gasteiger partial charge in [-0.15, -0.1) is 5.10 Å². The lowest BCUT2D eigenvalue weighted by molar-refractivity contribution is -0.117. The standard InChI is InChI=1S/C20H18N6O2/c1-2-26-17-9-8-13(10-16(17)22-24-26)19-21-20(28-23-19)14-11-18(27)25(12-14)15-6-4-3-5-7-15/h3-10,14H,2,11-12H2,1H3. The Kier molecular flexibility index (Phi) is 3.89. The maximum Gasteiger partial charge on any atom is 0.232 e. The average Bonchev–Trinajstić information content (AvgIpc) is 3.46. The van der Waals surface area contributed by atoms with Crippen molar-refractivity contribution in [3.05, 3.63) is 54.4 Å². The van der Waals surface area contributed by atoms with E-state index in [1.807, 2.05) is 60.1 Å². The molecule has 140 valence electrons. The van der Waals surface area contributed by atoms with E-state index in [9.17, 15) is 4.79 Å². The van der Waals surface area contributed by atoms with Crippen molar-refractivity contribution in [1.29, 1.82) is 0 Å². The fourth-order valence-electron chi connectivity index (χ4n) is 3.59. The van der Waals surface area contributed by atoms with Crippen LogP contribution in [0.5, 0.6) is 0 Å². The number of para-hydroxylation sites is 1. The first-order valence-electron chi connectivity index (χ1n) is 9.25.